The number of carbonyl (C=O) groups excluding carboxylic acids is 1. The number of rotatable bonds is 3. The minimum absolute atomic E-state index is 0.105. The molecule has 0 bridgehead atoms. The first kappa shape index (κ1) is 11.5. The maximum atomic E-state index is 11.7. The van der Waals surface area contributed by atoms with Gasteiger partial charge in [-0.05, 0) is 25.2 Å². The van der Waals surface area contributed by atoms with Crippen LogP contribution in [-0.2, 0) is 4.79 Å². The van der Waals surface area contributed by atoms with Gasteiger partial charge in [-0.15, -0.1) is 0 Å². The molecule has 82 valence electrons. The van der Waals surface area contributed by atoms with Crippen LogP contribution in [0, 0.1) is 11.3 Å². The molecule has 0 aromatic heterocycles. The van der Waals surface area contributed by atoms with Crippen LogP contribution in [0.5, 0.6) is 0 Å². The van der Waals surface area contributed by atoms with Crippen molar-refractivity contribution in [2.45, 2.75) is 46.1 Å². The lowest BCUT2D eigenvalue weighted by atomic mass is 9.81. The van der Waals surface area contributed by atoms with Gasteiger partial charge in [0.15, 0.2) is 0 Å². The second kappa shape index (κ2) is 4.30. The fraction of sp³-hybridized carbons (Fsp3) is 0.909. The highest BCUT2D eigenvalue weighted by Crippen LogP contribution is 2.42. The molecule has 3 nitrogen and oxygen atoms in total. The minimum atomic E-state index is -0.455. The molecule has 0 radical (unpaired) electrons. The van der Waals surface area contributed by atoms with Crippen LogP contribution >= 0.6 is 0 Å². The molecule has 1 aliphatic carbocycles. The molecule has 1 saturated carbocycles. The smallest absolute Gasteiger partial charge is 0.223 e. The summed E-state index contributed by atoms with van der Waals surface area (Å²) in [4.78, 5) is 11.7. The molecule has 2 atom stereocenters. The van der Waals surface area contributed by atoms with E-state index in [0.29, 0.717) is 6.54 Å². The maximum absolute atomic E-state index is 11.7. The third kappa shape index (κ3) is 2.71. The van der Waals surface area contributed by atoms with Crippen molar-refractivity contribution in [1.82, 2.24) is 5.32 Å². The van der Waals surface area contributed by atoms with Crippen molar-refractivity contribution in [2.75, 3.05) is 6.54 Å². The highest BCUT2D eigenvalue weighted by Gasteiger charge is 2.38. The lowest BCUT2D eigenvalue weighted by Crippen LogP contribution is -2.39. The molecule has 1 unspecified atom stereocenters. The Morgan fingerprint density at radius 2 is 2.29 bits per heavy atom. The van der Waals surface area contributed by atoms with Crippen LogP contribution in [0.2, 0.25) is 0 Å². The normalized spacial score (nSPS) is 27.3. The van der Waals surface area contributed by atoms with Crippen LogP contribution in [0.15, 0.2) is 0 Å². The van der Waals surface area contributed by atoms with Gasteiger partial charge in [0.2, 0.25) is 5.91 Å². The third-order valence-corrected chi connectivity index (χ3v) is 3.15. The van der Waals surface area contributed by atoms with Crippen molar-refractivity contribution in [1.29, 1.82) is 0 Å². The van der Waals surface area contributed by atoms with E-state index in [2.05, 4.69) is 19.2 Å². The zero-order valence-electron chi connectivity index (χ0n) is 9.34. The number of amides is 1. The summed E-state index contributed by atoms with van der Waals surface area (Å²) >= 11 is 0. The molecule has 1 rings (SSSR count). The summed E-state index contributed by atoms with van der Waals surface area (Å²) in [5.74, 6) is 0.231. The monoisotopic (exact) mass is 199 g/mol. The van der Waals surface area contributed by atoms with E-state index in [0.717, 1.165) is 19.3 Å². The largest absolute Gasteiger partial charge is 0.392 e. The molecule has 2 N–H and O–H groups in total. The van der Waals surface area contributed by atoms with E-state index in [-0.39, 0.29) is 17.2 Å². The molecular formula is C11H21NO2. The number of hydrogen-bond acceptors (Lipinski definition) is 2. The average molecular weight is 199 g/mol. The molecular weight excluding hydrogens is 178 g/mol. The first-order chi connectivity index (χ1) is 6.43. The van der Waals surface area contributed by atoms with Crippen LogP contribution in [0.25, 0.3) is 0 Å². The van der Waals surface area contributed by atoms with Crippen LogP contribution < -0.4 is 5.32 Å². The molecule has 0 aromatic rings. The summed E-state index contributed by atoms with van der Waals surface area (Å²) in [6.45, 7) is 6.34. The van der Waals surface area contributed by atoms with E-state index >= 15 is 0 Å². The summed E-state index contributed by atoms with van der Waals surface area (Å²) in [6.07, 6.45) is 2.79. The fourth-order valence-electron chi connectivity index (χ4n) is 2.18. The Morgan fingerprint density at radius 1 is 1.64 bits per heavy atom. The molecule has 0 aliphatic heterocycles. The SMILES string of the molecule is C[C@H](O)CNC(=O)C1CCCC1(C)C. The van der Waals surface area contributed by atoms with E-state index in [1.54, 1.807) is 6.92 Å². The Hall–Kier alpha value is -0.570. The van der Waals surface area contributed by atoms with Crippen molar-refractivity contribution >= 4 is 5.91 Å². The van der Waals surface area contributed by atoms with Gasteiger partial charge < -0.3 is 10.4 Å². The van der Waals surface area contributed by atoms with Gasteiger partial charge in [-0.2, -0.15) is 0 Å². The van der Waals surface area contributed by atoms with Gasteiger partial charge in [0.05, 0.1) is 6.10 Å². The summed E-state index contributed by atoms with van der Waals surface area (Å²) in [5.41, 5.74) is 0.128. The zero-order valence-corrected chi connectivity index (χ0v) is 9.34. The topological polar surface area (TPSA) is 49.3 Å². The Morgan fingerprint density at radius 3 is 2.71 bits per heavy atom. The van der Waals surface area contributed by atoms with Gasteiger partial charge in [0.25, 0.3) is 0 Å². The predicted octanol–water partition coefficient (Wildman–Crippen LogP) is 1.31. The lowest BCUT2D eigenvalue weighted by molar-refractivity contribution is -0.128. The Balaban J connectivity index is 2.44. The van der Waals surface area contributed by atoms with Gasteiger partial charge in [-0.3, -0.25) is 4.79 Å². The molecule has 0 aromatic carbocycles. The third-order valence-electron chi connectivity index (χ3n) is 3.15. The first-order valence-corrected chi connectivity index (χ1v) is 5.39. The average Bonchev–Trinajstić information content (AvgIpc) is 2.41. The van der Waals surface area contributed by atoms with Crippen LogP contribution in [0.4, 0.5) is 0 Å². The number of aliphatic hydroxyl groups excluding tert-OH is 1. The van der Waals surface area contributed by atoms with E-state index < -0.39 is 6.10 Å². The second-order valence-electron chi connectivity index (χ2n) is 5.03. The van der Waals surface area contributed by atoms with E-state index in [9.17, 15) is 4.79 Å². The van der Waals surface area contributed by atoms with Crippen LogP contribution in [0.1, 0.15) is 40.0 Å². The molecule has 1 fully saturated rings. The minimum Gasteiger partial charge on any atom is -0.392 e. The van der Waals surface area contributed by atoms with E-state index in [1.807, 2.05) is 0 Å². The zero-order chi connectivity index (χ0) is 10.8. The summed E-state index contributed by atoms with van der Waals surface area (Å²) in [7, 11) is 0. The molecule has 3 heteroatoms. The quantitative estimate of drug-likeness (QED) is 0.720. The molecule has 14 heavy (non-hydrogen) atoms. The maximum Gasteiger partial charge on any atom is 0.223 e. The Kier molecular flexibility index (Phi) is 3.53. The Bertz CT molecular complexity index is 211. The van der Waals surface area contributed by atoms with Gasteiger partial charge in [-0.1, -0.05) is 20.3 Å². The van der Waals surface area contributed by atoms with Gasteiger partial charge >= 0.3 is 0 Å². The lowest BCUT2D eigenvalue weighted by Gasteiger charge is -2.26. The molecule has 0 saturated heterocycles. The van der Waals surface area contributed by atoms with Crippen molar-refractivity contribution < 1.29 is 9.90 Å². The molecule has 0 heterocycles. The fourth-order valence-corrected chi connectivity index (χ4v) is 2.18. The highest BCUT2D eigenvalue weighted by molar-refractivity contribution is 5.79. The molecule has 1 aliphatic rings. The number of hydrogen-bond donors (Lipinski definition) is 2. The van der Waals surface area contributed by atoms with Crippen molar-refractivity contribution in [3.63, 3.8) is 0 Å². The Labute approximate surface area is 85.9 Å². The second-order valence-corrected chi connectivity index (χ2v) is 5.03. The van der Waals surface area contributed by atoms with Crippen molar-refractivity contribution in [2.24, 2.45) is 11.3 Å². The summed E-state index contributed by atoms with van der Waals surface area (Å²) in [6, 6.07) is 0. The van der Waals surface area contributed by atoms with E-state index in [1.165, 1.54) is 0 Å². The molecule has 0 spiro atoms. The van der Waals surface area contributed by atoms with Crippen LogP contribution in [0.3, 0.4) is 0 Å². The van der Waals surface area contributed by atoms with E-state index in [4.69, 9.17) is 5.11 Å². The van der Waals surface area contributed by atoms with Gasteiger partial charge in [0.1, 0.15) is 0 Å². The van der Waals surface area contributed by atoms with Crippen molar-refractivity contribution in [3.05, 3.63) is 0 Å². The van der Waals surface area contributed by atoms with Gasteiger partial charge in [0, 0.05) is 12.5 Å². The summed E-state index contributed by atoms with van der Waals surface area (Å²) in [5, 5.41) is 11.9. The van der Waals surface area contributed by atoms with Crippen molar-refractivity contribution in [3.8, 4) is 0 Å². The standard InChI is InChI=1S/C11H21NO2/c1-8(13)7-12-10(14)9-5-4-6-11(9,2)3/h8-9,13H,4-7H2,1-3H3,(H,12,14)/t8-,9?/m0/s1. The predicted molar refractivity (Wildman–Crippen MR) is 55.8 cm³/mol. The first-order valence-electron chi connectivity index (χ1n) is 5.39. The molecule has 1 amide bonds. The summed E-state index contributed by atoms with van der Waals surface area (Å²) < 4.78 is 0. The van der Waals surface area contributed by atoms with Crippen LogP contribution in [-0.4, -0.2) is 23.7 Å². The van der Waals surface area contributed by atoms with Gasteiger partial charge in [-0.25, -0.2) is 0 Å². The number of nitrogens with one attached hydrogen (secondary N) is 1. The number of carbonyl (C=O) groups is 1. The number of aliphatic hydroxyl groups is 1. The highest BCUT2D eigenvalue weighted by atomic mass is 16.3.